The van der Waals surface area contributed by atoms with Crippen LogP contribution in [0.5, 0.6) is 0 Å². The van der Waals surface area contributed by atoms with Crippen molar-refractivity contribution in [3.05, 3.63) is 47.8 Å². The molecular weight excluding hydrogens is 449 g/mol. The molecule has 2 aromatic rings. The maximum atomic E-state index is 14.1. The van der Waals surface area contributed by atoms with Crippen LogP contribution in [0.4, 0.5) is 13.2 Å². The number of hydrogen-bond donors (Lipinski definition) is 2. The quantitative estimate of drug-likeness (QED) is 0.592. The van der Waals surface area contributed by atoms with Gasteiger partial charge in [0.2, 0.25) is 11.8 Å². The molecule has 3 heterocycles. The molecule has 0 spiro atoms. The summed E-state index contributed by atoms with van der Waals surface area (Å²) in [7, 11) is 0. The van der Waals surface area contributed by atoms with Gasteiger partial charge in [-0.05, 0) is 63.5 Å². The number of fused-ring (bicyclic) bond motifs is 2. The highest BCUT2D eigenvalue weighted by Gasteiger charge is 2.44. The van der Waals surface area contributed by atoms with Crippen molar-refractivity contribution in [2.75, 3.05) is 6.54 Å². The van der Waals surface area contributed by atoms with Crippen molar-refractivity contribution in [1.29, 1.82) is 0 Å². The molecule has 2 saturated heterocycles. The van der Waals surface area contributed by atoms with E-state index in [-0.39, 0.29) is 48.3 Å². The van der Waals surface area contributed by atoms with E-state index in [4.69, 9.17) is 5.73 Å². The number of piperidine rings is 1. The van der Waals surface area contributed by atoms with E-state index in [1.165, 1.54) is 17.3 Å². The Balaban J connectivity index is 1.34. The Kier molecular flexibility index (Phi) is 6.66. The third-order valence-corrected chi connectivity index (χ3v) is 7.16. The Morgan fingerprint density at radius 1 is 1.15 bits per heavy atom. The van der Waals surface area contributed by atoms with Crippen LogP contribution < -0.4 is 11.1 Å². The Labute approximate surface area is 195 Å². The van der Waals surface area contributed by atoms with E-state index < -0.39 is 29.0 Å². The maximum Gasteiger partial charge on any atom is 0.247 e. The summed E-state index contributed by atoms with van der Waals surface area (Å²) in [5, 5.41) is 6.71. The summed E-state index contributed by atoms with van der Waals surface area (Å²) in [6.45, 7) is 3.25. The molecule has 0 aliphatic carbocycles. The van der Waals surface area contributed by atoms with Crippen LogP contribution in [0.2, 0.25) is 0 Å². The molecule has 4 rings (SSSR count). The largest absolute Gasteiger partial charge is 0.345 e. The Bertz CT molecular complexity index is 1050. The van der Waals surface area contributed by atoms with Gasteiger partial charge >= 0.3 is 0 Å². The number of nitrogens with one attached hydrogen (secondary N) is 1. The molecule has 11 heteroatoms. The second kappa shape index (κ2) is 9.36. The molecule has 34 heavy (non-hydrogen) atoms. The van der Waals surface area contributed by atoms with Gasteiger partial charge in [-0.1, -0.05) is 0 Å². The summed E-state index contributed by atoms with van der Waals surface area (Å²) < 4.78 is 42.2. The monoisotopic (exact) mass is 478 g/mol. The number of hydrogen-bond acceptors (Lipinski definition) is 5. The molecule has 0 saturated carbocycles. The average Bonchev–Trinajstić information content (AvgIpc) is 3.42. The first kappa shape index (κ1) is 24.2. The Morgan fingerprint density at radius 3 is 2.41 bits per heavy atom. The van der Waals surface area contributed by atoms with Gasteiger partial charge in [-0.25, -0.2) is 22.8 Å². The fourth-order valence-corrected chi connectivity index (χ4v) is 5.18. The zero-order valence-electron chi connectivity index (χ0n) is 19.2. The first-order valence-corrected chi connectivity index (χ1v) is 11.4. The molecule has 0 radical (unpaired) electrons. The minimum atomic E-state index is -1.23. The van der Waals surface area contributed by atoms with Crippen molar-refractivity contribution >= 4 is 11.8 Å². The normalized spacial score (nSPS) is 23.1. The van der Waals surface area contributed by atoms with E-state index in [1.807, 2.05) is 4.90 Å². The molecule has 2 aliphatic rings. The zero-order chi connectivity index (χ0) is 24.6. The molecule has 3 N–H and O–H groups in total. The van der Waals surface area contributed by atoms with E-state index >= 15 is 0 Å². The van der Waals surface area contributed by atoms with Crippen LogP contribution in [0.25, 0.3) is 0 Å². The molecule has 0 unspecified atom stereocenters. The first-order chi connectivity index (χ1) is 16.1. The third kappa shape index (κ3) is 4.66. The highest BCUT2D eigenvalue weighted by atomic mass is 19.2. The number of carbonyl (C=O) groups is 2. The van der Waals surface area contributed by atoms with Gasteiger partial charge < -0.3 is 16.0 Å². The van der Waals surface area contributed by atoms with Gasteiger partial charge in [0.15, 0.2) is 11.6 Å². The summed E-state index contributed by atoms with van der Waals surface area (Å²) in [5.74, 6) is -3.61. The van der Waals surface area contributed by atoms with E-state index in [2.05, 4.69) is 15.4 Å². The maximum absolute atomic E-state index is 14.1. The SMILES string of the molecule is CC(C)(C(=O)NCC(=O)N1[C@@H]2CC[C@H]1C[C@@H]([C@H](N)Cc1cc(F)c(F)cc1F)C2)n1cncn1. The summed E-state index contributed by atoms with van der Waals surface area (Å²) in [6, 6.07) is 0.930. The number of rotatable bonds is 7. The fourth-order valence-electron chi connectivity index (χ4n) is 5.18. The molecule has 2 bridgehead atoms. The van der Waals surface area contributed by atoms with Gasteiger partial charge in [0.25, 0.3) is 0 Å². The number of aromatic nitrogens is 3. The molecule has 8 nitrogen and oxygen atoms in total. The second-order valence-electron chi connectivity index (χ2n) is 9.72. The predicted octanol–water partition coefficient (Wildman–Crippen LogP) is 1.89. The van der Waals surface area contributed by atoms with Crippen molar-refractivity contribution in [2.45, 2.75) is 69.6 Å². The summed E-state index contributed by atoms with van der Waals surface area (Å²) in [5.41, 5.74) is 5.40. The number of benzene rings is 1. The van der Waals surface area contributed by atoms with Crippen LogP contribution in [-0.4, -0.2) is 56.1 Å². The lowest BCUT2D eigenvalue weighted by Crippen LogP contribution is -2.54. The molecule has 2 amide bonds. The molecule has 184 valence electrons. The predicted molar refractivity (Wildman–Crippen MR) is 117 cm³/mol. The number of amides is 2. The van der Waals surface area contributed by atoms with Gasteiger partial charge in [0.1, 0.15) is 24.0 Å². The number of nitrogens with two attached hydrogens (primary N) is 1. The van der Waals surface area contributed by atoms with Crippen LogP contribution in [0.3, 0.4) is 0 Å². The number of carbonyl (C=O) groups excluding carboxylic acids is 2. The minimum absolute atomic E-state index is 0.0164. The van der Waals surface area contributed by atoms with Crippen molar-refractivity contribution < 1.29 is 22.8 Å². The van der Waals surface area contributed by atoms with Gasteiger partial charge in [-0.3, -0.25) is 9.59 Å². The van der Waals surface area contributed by atoms with E-state index in [9.17, 15) is 22.8 Å². The number of halogens is 3. The lowest BCUT2D eigenvalue weighted by atomic mass is 9.82. The van der Waals surface area contributed by atoms with Crippen LogP contribution in [0.1, 0.15) is 45.1 Å². The fraction of sp³-hybridized carbons (Fsp3) is 0.565. The standard InChI is InChI=1S/C23H29F3N6O2/c1-23(2,31-12-28-11-30-31)22(34)29-10-21(33)32-15-3-4-16(32)6-14(5-15)20(27)8-13-7-18(25)19(26)9-17(13)24/h7,9,11-12,14-16,20H,3-6,8,10,27H2,1-2H3,(H,29,34)/t14-,15+,16-,20-/m1/s1. The van der Waals surface area contributed by atoms with E-state index in [0.29, 0.717) is 18.9 Å². The molecule has 1 aromatic heterocycles. The molecule has 4 atom stereocenters. The smallest absolute Gasteiger partial charge is 0.247 e. The highest BCUT2D eigenvalue weighted by molar-refractivity contribution is 5.88. The van der Waals surface area contributed by atoms with Crippen molar-refractivity contribution in [2.24, 2.45) is 11.7 Å². The Morgan fingerprint density at radius 2 is 1.79 bits per heavy atom. The van der Waals surface area contributed by atoms with Crippen LogP contribution in [-0.2, 0) is 21.5 Å². The highest BCUT2D eigenvalue weighted by Crippen LogP contribution is 2.40. The Hall–Kier alpha value is -2.95. The lowest BCUT2D eigenvalue weighted by molar-refractivity contribution is -0.139. The molecular formula is C23H29F3N6O2. The topological polar surface area (TPSA) is 106 Å². The van der Waals surface area contributed by atoms with Crippen molar-refractivity contribution in [1.82, 2.24) is 25.0 Å². The van der Waals surface area contributed by atoms with Gasteiger partial charge in [0.05, 0.1) is 6.54 Å². The minimum Gasteiger partial charge on any atom is -0.345 e. The zero-order valence-corrected chi connectivity index (χ0v) is 19.2. The van der Waals surface area contributed by atoms with Gasteiger partial charge in [-0.15, -0.1) is 0 Å². The third-order valence-electron chi connectivity index (χ3n) is 7.16. The summed E-state index contributed by atoms with van der Waals surface area (Å²) >= 11 is 0. The van der Waals surface area contributed by atoms with Crippen LogP contribution >= 0.6 is 0 Å². The molecule has 2 aliphatic heterocycles. The van der Waals surface area contributed by atoms with Crippen molar-refractivity contribution in [3.8, 4) is 0 Å². The molecule has 2 fully saturated rings. The van der Waals surface area contributed by atoms with Crippen molar-refractivity contribution in [3.63, 3.8) is 0 Å². The van der Waals surface area contributed by atoms with E-state index in [1.54, 1.807) is 13.8 Å². The molecule has 1 aromatic carbocycles. The number of nitrogens with zero attached hydrogens (tertiary/aromatic N) is 4. The summed E-state index contributed by atoms with van der Waals surface area (Å²) in [4.78, 5) is 31.3. The van der Waals surface area contributed by atoms with Crippen LogP contribution in [0, 0.1) is 23.4 Å². The van der Waals surface area contributed by atoms with Gasteiger partial charge in [-0.2, -0.15) is 5.10 Å². The first-order valence-electron chi connectivity index (χ1n) is 11.4. The van der Waals surface area contributed by atoms with Gasteiger partial charge in [0, 0.05) is 24.2 Å². The lowest BCUT2D eigenvalue weighted by Gasteiger charge is -2.41. The van der Waals surface area contributed by atoms with E-state index in [0.717, 1.165) is 18.9 Å². The summed E-state index contributed by atoms with van der Waals surface area (Å²) in [6.07, 6.45) is 5.83. The second-order valence-corrected chi connectivity index (χ2v) is 9.72. The average molecular weight is 479 g/mol. The van der Waals surface area contributed by atoms with Crippen LogP contribution in [0.15, 0.2) is 24.8 Å².